The van der Waals surface area contributed by atoms with E-state index >= 15 is 0 Å². The summed E-state index contributed by atoms with van der Waals surface area (Å²) < 4.78 is 0. The van der Waals surface area contributed by atoms with Crippen LogP contribution in [0.1, 0.15) is 52.9 Å². The lowest BCUT2D eigenvalue weighted by Gasteiger charge is -2.46. The van der Waals surface area contributed by atoms with Crippen LogP contribution in [0, 0.1) is 0 Å². The van der Waals surface area contributed by atoms with Crippen LogP contribution in [0.25, 0.3) is 0 Å². The van der Waals surface area contributed by atoms with Gasteiger partial charge in [0.15, 0.2) is 0 Å². The third kappa shape index (κ3) is 3.73. The normalized spacial score (nSPS) is 24.7. The molecule has 2 aliphatic rings. The zero-order chi connectivity index (χ0) is 14.8. The first-order valence-electron chi connectivity index (χ1n) is 8.10. The molecule has 1 amide bonds. The SMILES string of the molecule is CN1CCN(C(=O)C2(NC(C)(C)C)CCCCC2)CC1. The fourth-order valence-corrected chi connectivity index (χ4v) is 3.58. The highest BCUT2D eigenvalue weighted by atomic mass is 16.2. The summed E-state index contributed by atoms with van der Waals surface area (Å²) in [5.74, 6) is 0.347. The van der Waals surface area contributed by atoms with Crippen LogP contribution in [0.2, 0.25) is 0 Å². The van der Waals surface area contributed by atoms with Crippen LogP contribution in [0.3, 0.4) is 0 Å². The molecule has 0 aromatic rings. The van der Waals surface area contributed by atoms with Crippen molar-refractivity contribution in [3.8, 4) is 0 Å². The van der Waals surface area contributed by atoms with Crippen LogP contribution in [0.15, 0.2) is 0 Å². The number of piperazine rings is 1. The predicted molar refractivity (Wildman–Crippen MR) is 82.8 cm³/mol. The maximum atomic E-state index is 13.1. The summed E-state index contributed by atoms with van der Waals surface area (Å²) in [6.45, 7) is 10.3. The summed E-state index contributed by atoms with van der Waals surface area (Å²) in [4.78, 5) is 17.5. The Morgan fingerprint density at radius 3 is 2.05 bits per heavy atom. The van der Waals surface area contributed by atoms with E-state index in [-0.39, 0.29) is 11.1 Å². The van der Waals surface area contributed by atoms with Crippen molar-refractivity contribution < 1.29 is 4.79 Å². The van der Waals surface area contributed by atoms with Gasteiger partial charge < -0.3 is 9.80 Å². The maximum Gasteiger partial charge on any atom is 0.242 e. The van der Waals surface area contributed by atoms with Gasteiger partial charge in [-0.1, -0.05) is 19.3 Å². The summed E-state index contributed by atoms with van der Waals surface area (Å²) in [6.07, 6.45) is 5.60. The van der Waals surface area contributed by atoms with Crippen LogP contribution in [-0.4, -0.2) is 60.0 Å². The van der Waals surface area contributed by atoms with Crippen LogP contribution < -0.4 is 5.32 Å². The molecular weight excluding hydrogens is 250 g/mol. The van der Waals surface area contributed by atoms with Gasteiger partial charge in [0.2, 0.25) is 5.91 Å². The van der Waals surface area contributed by atoms with Gasteiger partial charge in [-0.15, -0.1) is 0 Å². The fourth-order valence-electron chi connectivity index (χ4n) is 3.58. The summed E-state index contributed by atoms with van der Waals surface area (Å²) in [5.41, 5.74) is -0.327. The van der Waals surface area contributed by atoms with E-state index in [0.29, 0.717) is 5.91 Å². The summed E-state index contributed by atoms with van der Waals surface area (Å²) in [7, 11) is 2.13. The van der Waals surface area contributed by atoms with Crippen molar-refractivity contribution in [1.82, 2.24) is 15.1 Å². The van der Waals surface area contributed by atoms with Gasteiger partial charge in [-0.3, -0.25) is 10.1 Å². The minimum Gasteiger partial charge on any atom is -0.339 e. The highest BCUT2D eigenvalue weighted by Crippen LogP contribution is 2.32. The zero-order valence-corrected chi connectivity index (χ0v) is 13.7. The molecule has 2 fully saturated rings. The number of hydrogen-bond donors (Lipinski definition) is 1. The Kier molecular flexibility index (Phi) is 4.75. The lowest BCUT2D eigenvalue weighted by molar-refractivity contribution is -0.142. The van der Waals surface area contributed by atoms with Gasteiger partial charge in [-0.25, -0.2) is 0 Å². The van der Waals surface area contributed by atoms with E-state index in [9.17, 15) is 4.79 Å². The van der Waals surface area contributed by atoms with Crippen LogP contribution in [-0.2, 0) is 4.79 Å². The Labute approximate surface area is 123 Å². The van der Waals surface area contributed by atoms with Gasteiger partial charge in [-0.2, -0.15) is 0 Å². The maximum absolute atomic E-state index is 13.1. The first kappa shape index (κ1) is 15.8. The van der Waals surface area contributed by atoms with Crippen molar-refractivity contribution in [2.24, 2.45) is 0 Å². The monoisotopic (exact) mass is 281 g/mol. The average Bonchev–Trinajstić information content (AvgIpc) is 2.38. The Bertz CT molecular complexity index is 334. The highest BCUT2D eigenvalue weighted by Gasteiger charge is 2.44. The zero-order valence-electron chi connectivity index (χ0n) is 13.7. The predicted octanol–water partition coefficient (Wildman–Crippen LogP) is 1.85. The molecule has 0 aromatic heterocycles. The first-order valence-corrected chi connectivity index (χ1v) is 8.10. The van der Waals surface area contributed by atoms with Gasteiger partial charge in [0, 0.05) is 31.7 Å². The second-order valence-electron chi connectivity index (χ2n) is 7.61. The number of nitrogens with one attached hydrogen (secondary N) is 1. The standard InChI is InChI=1S/C16H31N3O/c1-15(2,3)17-16(8-6-5-7-9-16)14(20)19-12-10-18(4)11-13-19/h17H,5-13H2,1-4H3. The molecule has 0 aromatic carbocycles. The van der Waals surface area contributed by atoms with E-state index in [4.69, 9.17) is 0 Å². The van der Waals surface area contributed by atoms with Crippen LogP contribution in [0.4, 0.5) is 0 Å². The molecule has 2 rings (SSSR count). The van der Waals surface area contributed by atoms with Gasteiger partial charge in [0.25, 0.3) is 0 Å². The van der Waals surface area contributed by atoms with Crippen molar-refractivity contribution in [2.45, 2.75) is 64.0 Å². The lowest BCUT2D eigenvalue weighted by atomic mass is 9.78. The van der Waals surface area contributed by atoms with Crippen molar-refractivity contribution in [3.05, 3.63) is 0 Å². The number of carbonyl (C=O) groups is 1. The largest absolute Gasteiger partial charge is 0.339 e. The summed E-state index contributed by atoms with van der Waals surface area (Å²) in [5, 5.41) is 3.68. The molecule has 0 bridgehead atoms. The smallest absolute Gasteiger partial charge is 0.242 e. The Morgan fingerprint density at radius 2 is 1.55 bits per heavy atom. The number of amides is 1. The Hall–Kier alpha value is -0.610. The van der Waals surface area contributed by atoms with Crippen LogP contribution >= 0.6 is 0 Å². The molecule has 20 heavy (non-hydrogen) atoms. The third-order valence-electron chi connectivity index (χ3n) is 4.52. The summed E-state index contributed by atoms with van der Waals surface area (Å²) in [6, 6.07) is 0. The highest BCUT2D eigenvalue weighted by molar-refractivity contribution is 5.86. The molecule has 4 nitrogen and oxygen atoms in total. The van der Waals surface area contributed by atoms with Crippen molar-refractivity contribution >= 4 is 5.91 Å². The minimum atomic E-state index is -0.313. The molecule has 1 N–H and O–H groups in total. The molecule has 4 heteroatoms. The second kappa shape index (κ2) is 6.02. The molecule has 1 heterocycles. The number of hydrogen-bond acceptors (Lipinski definition) is 3. The molecule has 1 saturated carbocycles. The Morgan fingerprint density at radius 1 is 1.00 bits per heavy atom. The second-order valence-corrected chi connectivity index (χ2v) is 7.61. The molecule has 0 unspecified atom stereocenters. The number of nitrogens with zero attached hydrogens (tertiary/aromatic N) is 2. The van der Waals surface area contributed by atoms with E-state index in [0.717, 1.165) is 39.0 Å². The van der Waals surface area contributed by atoms with Crippen LogP contribution in [0.5, 0.6) is 0 Å². The molecule has 1 aliphatic carbocycles. The molecule has 0 radical (unpaired) electrons. The molecule has 0 atom stereocenters. The fraction of sp³-hybridized carbons (Fsp3) is 0.938. The van der Waals surface area contributed by atoms with E-state index in [2.05, 4.69) is 42.9 Å². The molecule has 1 aliphatic heterocycles. The molecule has 1 saturated heterocycles. The van der Waals surface area contributed by atoms with Gasteiger partial charge in [-0.05, 0) is 40.7 Å². The van der Waals surface area contributed by atoms with Crippen molar-refractivity contribution in [1.29, 1.82) is 0 Å². The molecule has 0 spiro atoms. The van der Waals surface area contributed by atoms with Crippen molar-refractivity contribution in [3.63, 3.8) is 0 Å². The van der Waals surface area contributed by atoms with E-state index < -0.39 is 0 Å². The minimum absolute atomic E-state index is 0.0143. The van der Waals surface area contributed by atoms with E-state index in [1.54, 1.807) is 0 Å². The number of carbonyl (C=O) groups excluding carboxylic acids is 1. The lowest BCUT2D eigenvalue weighted by Crippen LogP contribution is -2.65. The quantitative estimate of drug-likeness (QED) is 0.839. The third-order valence-corrected chi connectivity index (χ3v) is 4.52. The average molecular weight is 281 g/mol. The summed E-state index contributed by atoms with van der Waals surface area (Å²) >= 11 is 0. The number of likely N-dealkylation sites (N-methyl/N-ethyl adjacent to an activating group) is 1. The number of rotatable bonds is 2. The molecular formula is C16H31N3O. The van der Waals surface area contributed by atoms with E-state index in [1.165, 1.54) is 19.3 Å². The van der Waals surface area contributed by atoms with Gasteiger partial charge in [0.05, 0.1) is 5.54 Å². The topological polar surface area (TPSA) is 35.6 Å². The van der Waals surface area contributed by atoms with E-state index in [1.807, 2.05) is 0 Å². The van der Waals surface area contributed by atoms with Crippen molar-refractivity contribution in [2.75, 3.05) is 33.2 Å². The van der Waals surface area contributed by atoms with Gasteiger partial charge >= 0.3 is 0 Å². The Balaban J connectivity index is 2.11. The first-order chi connectivity index (χ1) is 9.32. The molecule has 116 valence electrons. The van der Waals surface area contributed by atoms with Gasteiger partial charge in [0.1, 0.15) is 0 Å².